The van der Waals surface area contributed by atoms with E-state index in [1.54, 1.807) is 4.68 Å². The van der Waals surface area contributed by atoms with Crippen LogP contribution >= 0.6 is 15.9 Å². The van der Waals surface area contributed by atoms with Crippen LogP contribution in [0.4, 0.5) is 5.95 Å². The lowest BCUT2D eigenvalue weighted by atomic mass is 9.46. The molecule has 178 valence electrons. The Morgan fingerprint density at radius 3 is 2.06 bits per heavy atom. The van der Waals surface area contributed by atoms with Crippen LogP contribution in [0.2, 0.25) is 0 Å². The van der Waals surface area contributed by atoms with Gasteiger partial charge in [0.15, 0.2) is 0 Å². The highest BCUT2D eigenvalue weighted by molar-refractivity contribution is 9.10. The van der Waals surface area contributed by atoms with Crippen molar-refractivity contribution >= 4 is 27.8 Å². The first kappa shape index (κ1) is 20.8. The molecule has 8 saturated carbocycles. The lowest BCUT2D eigenvalue weighted by molar-refractivity contribution is -0.394. The molecule has 0 N–H and O–H groups in total. The SMILES string of the molecule is CN(C(=O)C12C[C@H]3C[C@H](C1)CC(n1nc([N+](=O)[O-])nc1Br)(C3)C2)C12CC3CC(CC(C3)C1)C2. The first-order valence-electron chi connectivity index (χ1n) is 12.8. The monoisotopic (exact) mass is 517 g/mol. The van der Waals surface area contributed by atoms with Gasteiger partial charge in [0.05, 0.1) is 11.0 Å². The van der Waals surface area contributed by atoms with Gasteiger partial charge in [0, 0.05) is 33.6 Å². The normalized spacial score (nSPS) is 46.7. The smallest absolute Gasteiger partial charge is 0.390 e. The van der Waals surface area contributed by atoms with Crippen LogP contribution in [0.15, 0.2) is 4.73 Å². The highest BCUT2D eigenvalue weighted by Gasteiger charge is 2.65. The molecular weight excluding hydrogens is 486 g/mol. The summed E-state index contributed by atoms with van der Waals surface area (Å²) < 4.78 is 2.20. The Hall–Kier alpha value is -1.51. The van der Waals surface area contributed by atoms with Gasteiger partial charge < -0.3 is 15.0 Å². The Morgan fingerprint density at radius 1 is 1.00 bits per heavy atom. The van der Waals surface area contributed by atoms with Crippen molar-refractivity contribution in [3.8, 4) is 0 Å². The molecule has 1 aromatic heterocycles. The Kier molecular flexibility index (Phi) is 4.15. The molecule has 0 radical (unpaired) electrons. The van der Waals surface area contributed by atoms with Crippen molar-refractivity contribution in [3.63, 3.8) is 0 Å². The standard InChI is InChI=1S/C24H32BrN5O3/c1-28(23-8-14-2-15(9-23)4-16(3-14)10-23)19(31)22-6-17-5-18(7-22)12-24(11-17,13-22)29-20(25)26-21(27-29)30(32)33/h14-18H,2-13H2,1H3/t14?,15?,16?,17-,18-,22?,23?,24?/m1/s1. The lowest BCUT2D eigenvalue weighted by Gasteiger charge is -2.64. The summed E-state index contributed by atoms with van der Waals surface area (Å²) in [5.74, 6) is 3.38. The van der Waals surface area contributed by atoms with E-state index in [2.05, 4.69) is 38.0 Å². The van der Waals surface area contributed by atoms with Gasteiger partial charge in [-0.2, -0.15) is 4.68 Å². The molecule has 0 saturated heterocycles. The van der Waals surface area contributed by atoms with Gasteiger partial charge in [-0.3, -0.25) is 4.79 Å². The van der Waals surface area contributed by atoms with Gasteiger partial charge in [0.2, 0.25) is 5.91 Å². The lowest BCUT2D eigenvalue weighted by Crippen LogP contribution is -2.66. The number of amides is 1. The van der Waals surface area contributed by atoms with Crippen molar-refractivity contribution in [2.24, 2.45) is 35.0 Å². The van der Waals surface area contributed by atoms with Crippen LogP contribution in [0.3, 0.4) is 0 Å². The number of carbonyl (C=O) groups is 1. The summed E-state index contributed by atoms with van der Waals surface area (Å²) >= 11 is 3.46. The number of nitro groups is 1. The molecule has 8 bridgehead atoms. The van der Waals surface area contributed by atoms with E-state index in [9.17, 15) is 14.9 Å². The van der Waals surface area contributed by atoms with Gasteiger partial charge in [-0.05, 0) is 117 Å². The Labute approximate surface area is 202 Å². The topological polar surface area (TPSA) is 94.2 Å². The summed E-state index contributed by atoms with van der Waals surface area (Å²) in [6.07, 6.45) is 13.4. The molecule has 9 heteroatoms. The van der Waals surface area contributed by atoms with Crippen LogP contribution in [0.25, 0.3) is 0 Å². The van der Waals surface area contributed by atoms with Gasteiger partial charge in [-0.25, -0.2) is 0 Å². The van der Waals surface area contributed by atoms with Gasteiger partial charge >= 0.3 is 5.95 Å². The van der Waals surface area contributed by atoms with E-state index < -0.39 is 4.92 Å². The van der Waals surface area contributed by atoms with E-state index in [0.29, 0.717) is 22.5 Å². The van der Waals surface area contributed by atoms with Gasteiger partial charge in [-0.1, -0.05) is 0 Å². The van der Waals surface area contributed by atoms with Crippen LogP contribution in [0.5, 0.6) is 0 Å². The van der Waals surface area contributed by atoms with E-state index in [4.69, 9.17) is 0 Å². The summed E-state index contributed by atoms with van der Waals surface area (Å²) in [6.45, 7) is 0. The molecule has 0 aromatic carbocycles. The van der Waals surface area contributed by atoms with Crippen LogP contribution in [-0.4, -0.2) is 43.1 Å². The molecule has 2 atom stereocenters. The number of halogens is 1. The number of hydrogen-bond acceptors (Lipinski definition) is 5. The number of aromatic nitrogens is 3. The van der Waals surface area contributed by atoms with E-state index >= 15 is 0 Å². The summed E-state index contributed by atoms with van der Waals surface area (Å²) in [6, 6.07) is 0. The second-order valence-corrected chi connectivity index (χ2v) is 13.5. The van der Waals surface area contributed by atoms with Crippen molar-refractivity contribution in [3.05, 3.63) is 14.8 Å². The second kappa shape index (κ2) is 6.58. The molecule has 8 nitrogen and oxygen atoms in total. The van der Waals surface area contributed by atoms with Gasteiger partial charge in [0.25, 0.3) is 4.73 Å². The van der Waals surface area contributed by atoms with Crippen molar-refractivity contribution in [1.29, 1.82) is 0 Å². The van der Waals surface area contributed by atoms with Crippen molar-refractivity contribution < 1.29 is 9.72 Å². The predicted molar refractivity (Wildman–Crippen MR) is 123 cm³/mol. The summed E-state index contributed by atoms with van der Waals surface area (Å²) in [4.78, 5) is 31.6. The average Bonchev–Trinajstić information content (AvgIpc) is 3.14. The van der Waals surface area contributed by atoms with Crippen LogP contribution < -0.4 is 0 Å². The third-order valence-corrected chi connectivity index (χ3v) is 11.2. The number of nitrogens with zero attached hydrogens (tertiary/aromatic N) is 5. The van der Waals surface area contributed by atoms with E-state index in [-0.39, 0.29) is 22.4 Å². The minimum atomic E-state index is -0.524. The third-order valence-electron chi connectivity index (χ3n) is 10.7. The minimum Gasteiger partial charge on any atom is -0.390 e. The molecule has 0 aliphatic heterocycles. The number of carbonyl (C=O) groups excluding carboxylic acids is 1. The maximum Gasteiger partial charge on any atom is 0.492 e. The van der Waals surface area contributed by atoms with E-state index in [1.807, 2.05) is 0 Å². The molecule has 0 unspecified atom stereocenters. The summed E-state index contributed by atoms with van der Waals surface area (Å²) in [7, 11) is 2.11. The van der Waals surface area contributed by atoms with Gasteiger partial charge in [-0.15, -0.1) is 0 Å². The summed E-state index contributed by atoms with van der Waals surface area (Å²) in [5, 5.41) is 15.7. The zero-order valence-corrected chi connectivity index (χ0v) is 20.8. The maximum atomic E-state index is 14.4. The molecule has 1 aromatic rings. The first-order chi connectivity index (χ1) is 15.7. The fourth-order valence-electron chi connectivity index (χ4n) is 10.4. The van der Waals surface area contributed by atoms with E-state index in [0.717, 1.165) is 49.9 Å². The Morgan fingerprint density at radius 2 is 1.55 bits per heavy atom. The summed E-state index contributed by atoms with van der Waals surface area (Å²) in [5.41, 5.74) is -0.639. The molecule has 8 fully saturated rings. The van der Waals surface area contributed by atoms with Crippen LogP contribution in [-0.2, 0) is 10.3 Å². The molecular formula is C24H32BrN5O3. The molecule has 9 rings (SSSR count). The quantitative estimate of drug-likeness (QED) is 0.427. The zero-order valence-electron chi connectivity index (χ0n) is 19.2. The minimum absolute atomic E-state index is 0.0644. The molecule has 8 aliphatic rings. The molecule has 0 spiro atoms. The van der Waals surface area contributed by atoms with Crippen LogP contribution in [0, 0.1) is 45.1 Å². The average molecular weight is 518 g/mol. The molecule has 33 heavy (non-hydrogen) atoms. The number of hydrogen-bond donors (Lipinski definition) is 0. The highest BCUT2D eigenvalue weighted by atomic mass is 79.9. The predicted octanol–water partition coefficient (Wildman–Crippen LogP) is 4.67. The molecule has 8 aliphatic carbocycles. The van der Waals surface area contributed by atoms with Crippen molar-refractivity contribution in [1.82, 2.24) is 19.7 Å². The Balaban J connectivity index is 1.24. The van der Waals surface area contributed by atoms with E-state index in [1.165, 1.54) is 44.9 Å². The second-order valence-electron chi connectivity index (χ2n) is 12.8. The third kappa shape index (κ3) is 2.83. The van der Waals surface area contributed by atoms with Crippen molar-refractivity contribution in [2.45, 2.75) is 88.1 Å². The maximum absolute atomic E-state index is 14.4. The van der Waals surface area contributed by atoms with Gasteiger partial charge in [0.1, 0.15) is 0 Å². The fraction of sp³-hybridized carbons (Fsp3) is 0.875. The first-order valence-corrected chi connectivity index (χ1v) is 13.5. The Bertz CT molecular complexity index is 1000. The zero-order chi connectivity index (χ0) is 22.8. The van der Waals surface area contributed by atoms with Crippen molar-refractivity contribution in [2.75, 3.05) is 7.05 Å². The van der Waals surface area contributed by atoms with Crippen LogP contribution in [0.1, 0.15) is 77.0 Å². The number of rotatable bonds is 4. The molecule has 1 amide bonds. The molecule has 1 heterocycles. The fourth-order valence-corrected chi connectivity index (χ4v) is 11.0. The highest BCUT2D eigenvalue weighted by Crippen LogP contribution is 2.66. The largest absolute Gasteiger partial charge is 0.492 e.